The standard InChI is InChI=1S/C21H21F13O3/c1-9(2)37-12-5-3-4-10(6-12)17-35-7-11(8-36-17)14(23)18(27,28)20(31,32)21(33,34)19(29,30)15(24)13(22)16(25)26/h3-6,9,11,13-17H,7-8H2,1-2H3. The molecule has 2 rings (SSSR count). The maximum absolute atomic E-state index is 14.4. The van der Waals surface area contributed by atoms with Crippen molar-refractivity contribution < 1.29 is 71.3 Å². The molecule has 3 unspecified atom stereocenters. The third kappa shape index (κ3) is 5.88. The summed E-state index contributed by atoms with van der Waals surface area (Å²) >= 11 is 0. The van der Waals surface area contributed by atoms with Crippen LogP contribution in [0.5, 0.6) is 5.75 Å². The lowest BCUT2D eigenvalue weighted by Gasteiger charge is -2.41. The van der Waals surface area contributed by atoms with Crippen molar-refractivity contribution in [2.24, 2.45) is 5.92 Å². The second-order valence-corrected chi connectivity index (χ2v) is 8.47. The zero-order chi connectivity index (χ0) is 28.6. The fourth-order valence-electron chi connectivity index (χ4n) is 3.27. The van der Waals surface area contributed by atoms with Gasteiger partial charge in [0.1, 0.15) is 5.75 Å². The molecule has 0 aromatic heterocycles. The van der Waals surface area contributed by atoms with E-state index >= 15 is 0 Å². The van der Waals surface area contributed by atoms with Crippen molar-refractivity contribution in [2.45, 2.75) is 74.9 Å². The van der Waals surface area contributed by atoms with Crippen LogP contribution in [0.1, 0.15) is 25.7 Å². The smallest absolute Gasteiger partial charge is 0.381 e. The monoisotopic (exact) mass is 568 g/mol. The zero-order valence-corrected chi connectivity index (χ0v) is 18.9. The van der Waals surface area contributed by atoms with E-state index in [1.54, 1.807) is 13.8 Å². The number of hydrogen-bond acceptors (Lipinski definition) is 3. The SMILES string of the molecule is CC(C)Oc1cccc(C2OCC(C(F)C(F)(F)C(F)(F)C(F)(F)C(F)(F)C(F)C(F)C(F)F)CO2)c1. The summed E-state index contributed by atoms with van der Waals surface area (Å²) < 4.78 is 191. The molecule has 37 heavy (non-hydrogen) atoms. The molecular weight excluding hydrogens is 547 g/mol. The Balaban J connectivity index is 2.19. The van der Waals surface area contributed by atoms with Gasteiger partial charge in [-0.05, 0) is 26.0 Å². The van der Waals surface area contributed by atoms with E-state index < -0.39 is 74.1 Å². The summed E-state index contributed by atoms with van der Waals surface area (Å²) in [7, 11) is 0. The highest BCUT2D eigenvalue weighted by Crippen LogP contribution is 2.57. The summed E-state index contributed by atoms with van der Waals surface area (Å²) in [5.74, 6) is -30.7. The largest absolute Gasteiger partial charge is 0.491 e. The molecule has 1 aliphatic rings. The third-order valence-corrected chi connectivity index (χ3v) is 5.28. The van der Waals surface area contributed by atoms with Gasteiger partial charge in [0.2, 0.25) is 6.17 Å². The van der Waals surface area contributed by atoms with Crippen LogP contribution in [-0.2, 0) is 9.47 Å². The van der Waals surface area contributed by atoms with Crippen molar-refractivity contribution in [3.63, 3.8) is 0 Å². The Kier molecular flexibility index (Phi) is 9.31. The minimum atomic E-state index is -7.50. The van der Waals surface area contributed by atoms with E-state index in [1.807, 2.05) is 0 Å². The predicted octanol–water partition coefficient (Wildman–Crippen LogP) is 6.96. The van der Waals surface area contributed by atoms with Crippen LogP contribution in [0.25, 0.3) is 0 Å². The van der Waals surface area contributed by atoms with Crippen molar-refractivity contribution >= 4 is 0 Å². The molecule has 0 aliphatic carbocycles. The van der Waals surface area contributed by atoms with Gasteiger partial charge in [-0.3, -0.25) is 0 Å². The minimum absolute atomic E-state index is 0.212. The van der Waals surface area contributed by atoms with Crippen LogP contribution in [0.2, 0.25) is 0 Å². The average molecular weight is 568 g/mol. The summed E-state index contributed by atoms with van der Waals surface area (Å²) in [6.07, 6.45) is -20.7. The first-order valence-electron chi connectivity index (χ1n) is 10.5. The van der Waals surface area contributed by atoms with Gasteiger partial charge in [-0.25, -0.2) is 22.0 Å². The lowest BCUT2D eigenvalue weighted by Crippen LogP contribution is -2.69. The molecule has 1 heterocycles. The van der Waals surface area contributed by atoms with Gasteiger partial charge >= 0.3 is 23.7 Å². The predicted molar refractivity (Wildman–Crippen MR) is 101 cm³/mol. The average Bonchev–Trinajstić information content (AvgIpc) is 2.81. The van der Waals surface area contributed by atoms with Crippen molar-refractivity contribution in [1.82, 2.24) is 0 Å². The van der Waals surface area contributed by atoms with E-state index in [0.29, 0.717) is 5.75 Å². The molecule has 0 N–H and O–H groups in total. The van der Waals surface area contributed by atoms with Crippen LogP contribution in [0.15, 0.2) is 24.3 Å². The molecule has 0 saturated carbocycles. The number of alkyl halides is 13. The Bertz CT molecular complexity index is 888. The molecular formula is C21H21F13O3. The van der Waals surface area contributed by atoms with E-state index in [4.69, 9.17) is 14.2 Å². The summed E-state index contributed by atoms with van der Waals surface area (Å²) in [4.78, 5) is 0. The highest BCUT2D eigenvalue weighted by molar-refractivity contribution is 5.29. The second kappa shape index (κ2) is 11.0. The molecule has 1 aromatic rings. The van der Waals surface area contributed by atoms with Crippen molar-refractivity contribution in [1.29, 1.82) is 0 Å². The lowest BCUT2D eigenvalue weighted by atomic mass is 9.88. The molecule has 0 radical (unpaired) electrons. The van der Waals surface area contributed by atoms with Crippen LogP contribution >= 0.6 is 0 Å². The molecule has 1 aromatic carbocycles. The van der Waals surface area contributed by atoms with Gasteiger partial charge < -0.3 is 14.2 Å². The summed E-state index contributed by atoms with van der Waals surface area (Å²) in [6.45, 7) is 1.12. The number of benzene rings is 1. The molecule has 0 spiro atoms. The van der Waals surface area contributed by atoms with Gasteiger partial charge in [0.15, 0.2) is 18.6 Å². The zero-order valence-electron chi connectivity index (χ0n) is 18.9. The summed E-state index contributed by atoms with van der Waals surface area (Å²) in [5.41, 5.74) is 0.212. The van der Waals surface area contributed by atoms with Crippen LogP contribution in [-0.4, -0.2) is 67.9 Å². The first kappa shape index (κ1) is 31.2. The van der Waals surface area contributed by atoms with E-state index in [1.165, 1.54) is 24.3 Å². The Hall–Kier alpha value is -1.97. The quantitative estimate of drug-likeness (QED) is 0.271. The Morgan fingerprint density at radius 1 is 0.811 bits per heavy atom. The van der Waals surface area contributed by atoms with Gasteiger partial charge in [-0.2, -0.15) is 35.1 Å². The van der Waals surface area contributed by atoms with Crippen molar-refractivity contribution in [3.05, 3.63) is 29.8 Å². The lowest BCUT2D eigenvalue weighted by molar-refractivity contribution is -0.391. The molecule has 1 saturated heterocycles. The van der Waals surface area contributed by atoms with Crippen molar-refractivity contribution in [3.8, 4) is 5.75 Å². The molecule has 3 nitrogen and oxygen atoms in total. The normalized spacial score (nSPS) is 22.7. The number of rotatable bonds is 11. The van der Waals surface area contributed by atoms with Gasteiger partial charge in [-0.15, -0.1) is 0 Å². The number of hydrogen-bond donors (Lipinski definition) is 0. The van der Waals surface area contributed by atoms with Gasteiger partial charge in [0.05, 0.1) is 19.3 Å². The molecule has 1 fully saturated rings. The molecule has 16 heteroatoms. The highest BCUT2D eigenvalue weighted by atomic mass is 19.4. The third-order valence-electron chi connectivity index (χ3n) is 5.28. The van der Waals surface area contributed by atoms with Gasteiger partial charge in [0, 0.05) is 11.5 Å². The van der Waals surface area contributed by atoms with Crippen LogP contribution in [0, 0.1) is 5.92 Å². The Morgan fingerprint density at radius 2 is 1.32 bits per heavy atom. The fourth-order valence-corrected chi connectivity index (χ4v) is 3.27. The van der Waals surface area contributed by atoms with Crippen LogP contribution in [0.4, 0.5) is 57.1 Å². The molecule has 214 valence electrons. The molecule has 0 amide bonds. The highest BCUT2D eigenvalue weighted by Gasteiger charge is 2.85. The number of ether oxygens (including phenoxy) is 3. The maximum atomic E-state index is 14.4. The van der Waals surface area contributed by atoms with Gasteiger partial charge in [0.25, 0.3) is 6.43 Å². The van der Waals surface area contributed by atoms with Crippen molar-refractivity contribution in [2.75, 3.05) is 13.2 Å². The molecule has 3 atom stereocenters. The molecule has 0 bridgehead atoms. The van der Waals surface area contributed by atoms with Gasteiger partial charge in [-0.1, -0.05) is 12.1 Å². The van der Waals surface area contributed by atoms with E-state index in [0.717, 1.165) is 0 Å². The van der Waals surface area contributed by atoms with E-state index in [2.05, 4.69) is 0 Å². The Morgan fingerprint density at radius 3 is 1.81 bits per heavy atom. The van der Waals surface area contributed by atoms with E-state index in [-0.39, 0.29) is 11.7 Å². The van der Waals surface area contributed by atoms with E-state index in [9.17, 15) is 57.1 Å². The second-order valence-electron chi connectivity index (χ2n) is 8.47. The maximum Gasteiger partial charge on any atom is 0.381 e. The molecule has 1 aliphatic heterocycles. The summed E-state index contributed by atoms with van der Waals surface area (Å²) in [5, 5.41) is 0. The topological polar surface area (TPSA) is 27.7 Å². The van der Waals surface area contributed by atoms with Crippen LogP contribution in [0.3, 0.4) is 0 Å². The van der Waals surface area contributed by atoms with Crippen LogP contribution < -0.4 is 4.74 Å². The number of halogens is 13. The fraction of sp³-hybridized carbons (Fsp3) is 0.714. The Labute approximate surface area is 201 Å². The first-order chi connectivity index (χ1) is 16.8. The summed E-state index contributed by atoms with van der Waals surface area (Å²) in [6, 6.07) is 5.78. The minimum Gasteiger partial charge on any atom is -0.491 e. The first-order valence-corrected chi connectivity index (χ1v) is 10.5.